The quantitative estimate of drug-likeness (QED) is 0.385. The van der Waals surface area contributed by atoms with Crippen LogP contribution >= 0.6 is 0 Å². The van der Waals surface area contributed by atoms with Crippen LogP contribution in [-0.4, -0.2) is 46.4 Å². The number of hydrogen-bond acceptors (Lipinski definition) is 6. The summed E-state index contributed by atoms with van der Waals surface area (Å²) in [7, 11) is 1.50. The highest BCUT2D eigenvalue weighted by atomic mass is 19.4. The van der Waals surface area contributed by atoms with E-state index in [0.29, 0.717) is 18.3 Å². The number of ether oxygens (including phenoxy) is 2. The van der Waals surface area contributed by atoms with Gasteiger partial charge in [0, 0.05) is 19.7 Å². The Balaban J connectivity index is 1.51. The second-order valence-electron chi connectivity index (χ2n) is 8.76. The van der Waals surface area contributed by atoms with Crippen molar-refractivity contribution in [1.29, 1.82) is 0 Å². The zero-order valence-electron chi connectivity index (χ0n) is 19.9. The molecule has 0 aliphatic heterocycles. The Morgan fingerprint density at radius 3 is 2.67 bits per heavy atom. The molecular formula is C25H28F3N5O3. The summed E-state index contributed by atoms with van der Waals surface area (Å²) >= 11 is 0. The fourth-order valence-electron chi connectivity index (χ4n) is 4.34. The number of hydrogen-bond donors (Lipinski definition) is 2. The van der Waals surface area contributed by atoms with E-state index in [1.54, 1.807) is 0 Å². The minimum atomic E-state index is -4.58. The summed E-state index contributed by atoms with van der Waals surface area (Å²) < 4.78 is 51.5. The number of anilines is 1. The molecule has 1 aliphatic rings. The molecule has 0 bridgehead atoms. The smallest absolute Gasteiger partial charge is 0.417 e. The van der Waals surface area contributed by atoms with Crippen molar-refractivity contribution >= 4 is 11.7 Å². The highest BCUT2D eigenvalue weighted by Crippen LogP contribution is 2.39. The van der Waals surface area contributed by atoms with Crippen LogP contribution in [0.5, 0.6) is 5.75 Å². The van der Waals surface area contributed by atoms with Gasteiger partial charge in [0.15, 0.2) is 0 Å². The molecule has 1 fully saturated rings. The van der Waals surface area contributed by atoms with E-state index in [9.17, 15) is 18.0 Å². The number of aromatic amines is 1. The average Bonchev–Trinajstić information content (AvgIpc) is 3.33. The van der Waals surface area contributed by atoms with Gasteiger partial charge in [0.1, 0.15) is 24.0 Å². The molecule has 2 heterocycles. The molecule has 8 nitrogen and oxygen atoms in total. The molecule has 0 saturated heterocycles. The summed E-state index contributed by atoms with van der Waals surface area (Å²) in [6, 6.07) is 6.36. The van der Waals surface area contributed by atoms with Gasteiger partial charge in [-0.05, 0) is 47.4 Å². The predicted octanol–water partition coefficient (Wildman–Crippen LogP) is 5.29. The van der Waals surface area contributed by atoms with Crippen molar-refractivity contribution in [3.8, 4) is 16.9 Å². The number of methoxy groups -OCH3 is 1. The molecule has 3 aromatic rings. The first-order chi connectivity index (χ1) is 17.3. The van der Waals surface area contributed by atoms with Crippen LogP contribution < -0.4 is 10.1 Å². The molecule has 4 rings (SSSR count). The van der Waals surface area contributed by atoms with E-state index in [1.807, 2.05) is 0 Å². The summed E-state index contributed by atoms with van der Waals surface area (Å²) in [6.45, 7) is 0.491. The number of H-pyrrole nitrogens is 1. The predicted molar refractivity (Wildman–Crippen MR) is 127 cm³/mol. The molecule has 0 atom stereocenters. The molecular weight excluding hydrogens is 475 g/mol. The fourth-order valence-corrected chi connectivity index (χ4v) is 4.34. The van der Waals surface area contributed by atoms with Crippen molar-refractivity contribution < 1.29 is 27.4 Å². The first-order valence-corrected chi connectivity index (χ1v) is 11.9. The van der Waals surface area contributed by atoms with Crippen molar-refractivity contribution in [3.63, 3.8) is 0 Å². The first-order valence-electron chi connectivity index (χ1n) is 11.9. The molecule has 36 heavy (non-hydrogen) atoms. The van der Waals surface area contributed by atoms with E-state index in [-0.39, 0.29) is 35.1 Å². The number of benzene rings is 1. The van der Waals surface area contributed by atoms with Crippen LogP contribution in [-0.2, 0) is 17.3 Å². The second-order valence-corrected chi connectivity index (χ2v) is 8.76. The van der Waals surface area contributed by atoms with E-state index in [1.165, 1.54) is 56.8 Å². The first kappa shape index (κ1) is 25.6. The van der Waals surface area contributed by atoms with Gasteiger partial charge in [0.05, 0.1) is 12.2 Å². The molecule has 192 valence electrons. The lowest BCUT2D eigenvalue weighted by molar-refractivity contribution is -0.137. The number of alkyl halides is 3. The molecule has 1 saturated carbocycles. The normalized spacial score (nSPS) is 14.6. The number of nitrogens with zero attached hydrogens (tertiary/aromatic N) is 3. The number of rotatable bonds is 9. The van der Waals surface area contributed by atoms with E-state index in [4.69, 9.17) is 9.47 Å². The zero-order valence-corrected chi connectivity index (χ0v) is 19.9. The van der Waals surface area contributed by atoms with Crippen molar-refractivity contribution in [1.82, 2.24) is 20.2 Å². The minimum Gasteiger partial charge on any atom is -0.491 e. The average molecular weight is 504 g/mol. The van der Waals surface area contributed by atoms with Gasteiger partial charge in [0.2, 0.25) is 5.82 Å². The van der Waals surface area contributed by atoms with Gasteiger partial charge in [-0.15, -0.1) is 10.2 Å². The summed E-state index contributed by atoms with van der Waals surface area (Å²) in [4.78, 5) is 19.7. The van der Waals surface area contributed by atoms with Gasteiger partial charge >= 0.3 is 6.18 Å². The van der Waals surface area contributed by atoms with E-state index in [0.717, 1.165) is 25.3 Å². The molecule has 11 heteroatoms. The van der Waals surface area contributed by atoms with Crippen molar-refractivity contribution in [2.24, 2.45) is 5.92 Å². The Labute approximate surface area is 206 Å². The van der Waals surface area contributed by atoms with Crippen LogP contribution in [0.15, 0.2) is 36.5 Å². The molecule has 1 aliphatic carbocycles. The number of aromatic nitrogens is 4. The summed E-state index contributed by atoms with van der Waals surface area (Å²) in [5, 5.41) is 10.6. The third-order valence-corrected chi connectivity index (χ3v) is 6.12. The van der Waals surface area contributed by atoms with Gasteiger partial charge in [-0.3, -0.25) is 4.79 Å². The number of halogens is 3. The van der Waals surface area contributed by atoms with Crippen LogP contribution in [0, 0.1) is 5.92 Å². The number of carbonyl (C=O) groups is 1. The Hall–Kier alpha value is -3.47. The number of carbonyl (C=O) groups excluding carboxylic acids is 1. The lowest BCUT2D eigenvalue weighted by Gasteiger charge is -2.19. The molecule has 1 aromatic carbocycles. The molecule has 0 unspecified atom stereocenters. The fraction of sp³-hybridized carbons (Fsp3) is 0.440. The van der Waals surface area contributed by atoms with Gasteiger partial charge < -0.3 is 19.8 Å². The monoisotopic (exact) mass is 503 g/mol. The third-order valence-electron chi connectivity index (χ3n) is 6.12. The standard InChI is InChI=1S/C25H28F3N5O3/c1-35-11-12-36-18-7-8-20(25(26,27)28)19(15-18)17-9-10-29-21(14-17)31-24(34)23-30-22(32-33-23)13-16-5-3-2-4-6-16/h7-10,14-16H,2-6,11-13H2,1H3,(H,29,31,34)(H,30,32,33). The van der Waals surface area contributed by atoms with Crippen molar-refractivity contribution in [2.75, 3.05) is 25.6 Å². The molecule has 2 aromatic heterocycles. The van der Waals surface area contributed by atoms with Crippen molar-refractivity contribution in [3.05, 3.63) is 53.7 Å². The van der Waals surface area contributed by atoms with Crippen LogP contribution in [0.4, 0.5) is 19.0 Å². The topological polar surface area (TPSA) is 102 Å². The Kier molecular flexibility index (Phi) is 8.19. The summed E-state index contributed by atoms with van der Waals surface area (Å²) in [6.07, 6.45) is 3.41. The maximum Gasteiger partial charge on any atom is 0.417 e. The van der Waals surface area contributed by atoms with Gasteiger partial charge in [-0.25, -0.2) is 4.98 Å². The van der Waals surface area contributed by atoms with E-state index >= 15 is 0 Å². The SMILES string of the molecule is COCCOc1ccc(C(F)(F)F)c(-c2ccnc(NC(=O)c3nnc(CC4CCCCC4)[nH]3)c2)c1. The van der Waals surface area contributed by atoms with Gasteiger partial charge in [0.25, 0.3) is 5.91 Å². The van der Waals surface area contributed by atoms with Gasteiger partial charge in [-0.1, -0.05) is 32.1 Å². The van der Waals surface area contributed by atoms with Crippen LogP contribution in [0.25, 0.3) is 11.1 Å². The highest BCUT2D eigenvalue weighted by Gasteiger charge is 2.34. The third kappa shape index (κ3) is 6.60. The number of amides is 1. The lowest BCUT2D eigenvalue weighted by atomic mass is 9.87. The van der Waals surface area contributed by atoms with Gasteiger partial charge in [-0.2, -0.15) is 13.2 Å². The Bertz CT molecular complexity index is 1180. The molecule has 0 radical (unpaired) electrons. The van der Waals surface area contributed by atoms with Crippen LogP contribution in [0.3, 0.4) is 0 Å². The van der Waals surface area contributed by atoms with Crippen molar-refractivity contribution in [2.45, 2.75) is 44.7 Å². The van der Waals surface area contributed by atoms with E-state index in [2.05, 4.69) is 25.5 Å². The minimum absolute atomic E-state index is 0.0255. The maximum atomic E-state index is 13.7. The zero-order chi connectivity index (χ0) is 25.5. The molecule has 0 spiro atoms. The summed E-state index contributed by atoms with van der Waals surface area (Å²) in [5.74, 6) is 0.977. The van der Waals surface area contributed by atoms with E-state index < -0.39 is 17.6 Å². The Morgan fingerprint density at radius 2 is 1.92 bits per heavy atom. The van der Waals surface area contributed by atoms with Crippen LogP contribution in [0.1, 0.15) is 54.1 Å². The second kappa shape index (κ2) is 11.5. The maximum absolute atomic E-state index is 13.7. The Morgan fingerprint density at radius 1 is 1.11 bits per heavy atom. The number of pyridine rings is 1. The lowest BCUT2D eigenvalue weighted by Crippen LogP contribution is -2.15. The number of nitrogens with one attached hydrogen (secondary N) is 2. The highest BCUT2D eigenvalue weighted by molar-refractivity contribution is 6.01. The molecule has 1 amide bonds. The molecule has 2 N–H and O–H groups in total. The van der Waals surface area contributed by atoms with Crippen LogP contribution in [0.2, 0.25) is 0 Å². The largest absolute Gasteiger partial charge is 0.491 e. The summed E-state index contributed by atoms with van der Waals surface area (Å²) in [5.41, 5.74) is -0.696.